The topological polar surface area (TPSA) is 75.4 Å². The molecule has 1 amide bonds. The third-order valence-electron chi connectivity index (χ3n) is 5.58. The fourth-order valence-electron chi connectivity index (χ4n) is 4.29. The van der Waals surface area contributed by atoms with Gasteiger partial charge in [-0.25, -0.2) is 13.5 Å². The molecular formula is C20H21F2N3O3. The number of aliphatic carboxylic acids is 1. The SMILES string of the molecule is CC1CC(C(=O)O)CN(C(=O)c2nn(-c3ccc(F)c(F)c3)c3c2CCC3)C1. The van der Waals surface area contributed by atoms with Crippen LogP contribution in [0.2, 0.25) is 0 Å². The van der Waals surface area contributed by atoms with Crippen LogP contribution >= 0.6 is 0 Å². The Bertz CT molecular complexity index is 956. The number of piperidine rings is 1. The highest BCUT2D eigenvalue weighted by Gasteiger charge is 2.35. The first-order chi connectivity index (χ1) is 13.3. The average molecular weight is 389 g/mol. The summed E-state index contributed by atoms with van der Waals surface area (Å²) in [6.45, 7) is 2.57. The standard InChI is InChI=1S/C20H21F2N3O3/c1-11-7-12(20(27)28)10-24(9-11)19(26)18-14-3-2-4-17(14)25(23-18)13-5-6-15(21)16(22)8-13/h5-6,8,11-12H,2-4,7,9-10H2,1H3,(H,27,28). The molecule has 1 aromatic carbocycles. The molecule has 2 unspecified atom stereocenters. The van der Waals surface area contributed by atoms with Gasteiger partial charge in [0.1, 0.15) is 0 Å². The number of carbonyl (C=O) groups excluding carboxylic acids is 1. The lowest BCUT2D eigenvalue weighted by Gasteiger charge is -2.34. The minimum absolute atomic E-state index is 0.0835. The molecular weight excluding hydrogens is 368 g/mol. The number of fused-ring (bicyclic) bond motifs is 1. The van der Waals surface area contributed by atoms with Crippen LogP contribution in [0.5, 0.6) is 0 Å². The van der Waals surface area contributed by atoms with E-state index in [1.165, 1.54) is 10.7 Å². The van der Waals surface area contributed by atoms with Crippen LogP contribution in [0.3, 0.4) is 0 Å². The van der Waals surface area contributed by atoms with Crippen LogP contribution in [-0.2, 0) is 17.6 Å². The summed E-state index contributed by atoms with van der Waals surface area (Å²) in [6.07, 6.45) is 2.78. The van der Waals surface area contributed by atoms with Gasteiger partial charge in [0.15, 0.2) is 17.3 Å². The summed E-state index contributed by atoms with van der Waals surface area (Å²) < 4.78 is 28.5. The van der Waals surface area contributed by atoms with E-state index >= 15 is 0 Å². The van der Waals surface area contributed by atoms with Gasteiger partial charge in [-0.1, -0.05) is 6.92 Å². The Hall–Kier alpha value is -2.77. The lowest BCUT2D eigenvalue weighted by atomic mass is 9.90. The number of carbonyl (C=O) groups is 2. The molecule has 148 valence electrons. The van der Waals surface area contributed by atoms with Crippen molar-refractivity contribution in [3.8, 4) is 5.69 Å². The van der Waals surface area contributed by atoms with Crippen LogP contribution in [0.4, 0.5) is 8.78 Å². The molecule has 1 aliphatic heterocycles. The van der Waals surface area contributed by atoms with Crippen molar-refractivity contribution in [3.63, 3.8) is 0 Å². The zero-order chi connectivity index (χ0) is 20.0. The highest BCUT2D eigenvalue weighted by atomic mass is 19.2. The van der Waals surface area contributed by atoms with Crippen molar-refractivity contribution in [2.24, 2.45) is 11.8 Å². The number of rotatable bonds is 3. The van der Waals surface area contributed by atoms with Gasteiger partial charge in [-0.05, 0) is 43.7 Å². The van der Waals surface area contributed by atoms with Gasteiger partial charge in [0.2, 0.25) is 0 Å². The van der Waals surface area contributed by atoms with Gasteiger partial charge in [-0.3, -0.25) is 9.59 Å². The Kier molecular flexibility index (Phi) is 4.64. The molecule has 2 atom stereocenters. The molecule has 6 nitrogen and oxygen atoms in total. The van der Waals surface area contributed by atoms with E-state index in [1.807, 2.05) is 6.92 Å². The highest BCUT2D eigenvalue weighted by Crippen LogP contribution is 2.30. The Morgan fingerprint density at radius 1 is 1.18 bits per heavy atom. The number of halogens is 2. The first-order valence-electron chi connectivity index (χ1n) is 9.43. The smallest absolute Gasteiger partial charge is 0.308 e. The van der Waals surface area contributed by atoms with Crippen molar-refractivity contribution >= 4 is 11.9 Å². The van der Waals surface area contributed by atoms with E-state index in [-0.39, 0.29) is 24.1 Å². The number of hydrogen-bond donors (Lipinski definition) is 1. The van der Waals surface area contributed by atoms with Gasteiger partial charge in [-0.15, -0.1) is 0 Å². The number of benzene rings is 1. The molecule has 0 saturated carbocycles. The van der Waals surface area contributed by atoms with Gasteiger partial charge in [0, 0.05) is 30.4 Å². The van der Waals surface area contributed by atoms with E-state index in [0.29, 0.717) is 31.5 Å². The van der Waals surface area contributed by atoms with Gasteiger partial charge >= 0.3 is 5.97 Å². The largest absolute Gasteiger partial charge is 0.481 e. The quantitative estimate of drug-likeness (QED) is 0.876. The van der Waals surface area contributed by atoms with Gasteiger partial charge in [-0.2, -0.15) is 5.10 Å². The number of hydrogen-bond acceptors (Lipinski definition) is 3. The minimum Gasteiger partial charge on any atom is -0.481 e. The van der Waals surface area contributed by atoms with E-state index in [4.69, 9.17) is 0 Å². The van der Waals surface area contributed by atoms with E-state index in [0.717, 1.165) is 29.8 Å². The van der Waals surface area contributed by atoms with Crippen LogP contribution in [0.1, 0.15) is 41.5 Å². The first kappa shape index (κ1) is 18.6. The monoisotopic (exact) mass is 389 g/mol. The van der Waals surface area contributed by atoms with Crippen LogP contribution < -0.4 is 0 Å². The van der Waals surface area contributed by atoms with Crippen molar-refractivity contribution in [3.05, 3.63) is 46.8 Å². The number of aromatic nitrogens is 2. The number of carboxylic acid groups (broad SMARTS) is 1. The lowest BCUT2D eigenvalue weighted by molar-refractivity contribution is -0.143. The second kappa shape index (κ2) is 7.00. The number of nitrogens with zero attached hydrogens (tertiary/aromatic N) is 3. The van der Waals surface area contributed by atoms with Crippen molar-refractivity contribution < 1.29 is 23.5 Å². The summed E-state index contributed by atoms with van der Waals surface area (Å²) in [5, 5.41) is 13.8. The highest BCUT2D eigenvalue weighted by molar-refractivity contribution is 5.94. The first-order valence-corrected chi connectivity index (χ1v) is 9.43. The summed E-state index contributed by atoms with van der Waals surface area (Å²) >= 11 is 0. The molecule has 0 radical (unpaired) electrons. The number of amides is 1. The van der Waals surface area contributed by atoms with Gasteiger partial charge in [0.25, 0.3) is 5.91 Å². The van der Waals surface area contributed by atoms with Crippen molar-refractivity contribution in [1.29, 1.82) is 0 Å². The van der Waals surface area contributed by atoms with E-state index in [1.54, 1.807) is 4.90 Å². The zero-order valence-electron chi connectivity index (χ0n) is 15.5. The Balaban J connectivity index is 1.69. The van der Waals surface area contributed by atoms with Crippen LogP contribution in [0.15, 0.2) is 18.2 Å². The Morgan fingerprint density at radius 3 is 2.68 bits per heavy atom. The molecule has 1 aromatic heterocycles. The number of carboxylic acids is 1. The van der Waals surface area contributed by atoms with Gasteiger partial charge in [0.05, 0.1) is 11.6 Å². The van der Waals surface area contributed by atoms with E-state index < -0.39 is 23.5 Å². The lowest BCUT2D eigenvalue weighted by Crippen LogP contribution is -2.45. The fraction of sp³-hybridized carbons (Fsp3) is 0.450. The molecule has 8 heteroatoms. The maximum Gasteiger partial charge on any atom is 0.308 e. The molecule has 1 fully saturated rings. The number of likely N-dealkylation sites (tertiary alicyclic amines) is 1. The molecule has 1 N–H and O–H groups in total. The predicted octanol–water partition coefficient (Wildman–Crippen LogP) is 2.82. The predicted molar refractivity (Wildman–Crippen MR) is 96.3 cm³/mol. The summed E-state index contributed by atoms with van der Waals surface area (Å²) in [5.41, 5.74) is 2.30. The van der Waals surface area contributed by atoms with Crippen molar-refractivity contribution in [2.75, 3.05) is 13.1 Å². The Morgan fingerprint density at radius 2 is 1.96 bits per heavy atom. The summed E-state index contributed by atoms with van der Waals surface area (Å²) in [4.78, 5) is 26.1. The van der Waals surface area contributed by atoms with Gasteiger partial charge < -0.3 is 10.0 Å². The van der Waals surface area contributed by atoms with E-state index in [2.05, 4.69) is 5.10 Å². The third-order valence-corrected chi connectivity index (χ3v) is 5.58. The van der Waals surface area contributed by atoms with E-state index in [9.17, 15) is 23.5 Å². The molecule has 2 heterocycles. The van der Waals surface area contributed by atoms with Crippen molar-refractivity contribution in [2.45, 2.75) is 32.6 Å². The second-order valence-corrected chi connectivity index (χ2v) is 7.72. The van der Waals surface area contributed by atoms with Crippen LogP contribution in [0.25, 0.3) is 5.69 Å². The zero-order valence-corrected chi connectivity index (χ0v) is 15.5. The molecule has 0 spiro atoms. The molecule has 2 aromatic rings. The summed E-state index contributed by atoms with van der Waals surface area (Å²) in [5.74, 6) is -3.61. The van der Waals surface area contributed by atoms with Crippen LogP contribution in [-0.4, -0.2) is 44.8 Å². The Labute approximate surface area is 160 Å². The summed E-state index contributed by atoms with van der Waals surface area (Å²) in [7, 11) is 0. The molecule has 1 aliphatic carbocycles. The average Bonchev–Trinajstić information content (AvgIpc) is 3.25. The molecule has 2 aliphatic rings. The molecule has 28 heavy (non-hydrogen) atoms. The van der Waals surface area contributed by atoms with Crippen LogP contribution in [0, 0.1) is 23.5 Å². The molecule has 4 rings (SSSR count). The molecule has 1 saturated heterocycles. The van der Waals surface area contributed by atoms with Crippen molar-refractivity contribution in [1.82, 2.24) is 14.7 Å². The molecule has 0 bridgehead atoms. The fourth-order valence-corrected chi connectivity index (χ4v) is 4.29. The maximum atomic E-state index is 13.7. The second-order valence-electron chi connectivity index (χ2n) is 7.72. The third kappa shape index (κ3) is 3.16. The maximum absolute atomic E-state index is 13.7. The normalized spacial score (nSPS) is 21.6. The summed E-state index contributed by atoms with van der Waals surface area (Å²) in [6, 6.07) is 3.54. The minimum atomic E-state index is -0.971.